The van der Waals surface area contributed by atoms with Gasteiger partial charge in [0.2, 0.25) is 5.91 Å². The van der Waals surface area contributed by atoms with E-state index in [0.29, 0.717) is 11.3 Å². The second-order valence-electron chi connectivity index (χ2n) is 7.43. The molecule has 37 heavy (non-hydrogen) atoms. The van der Waals surface area contributed by atoms with Crippen LogP contribution in [-0.2, 0) is 13.2 Å². The summed E-state index contributed by atoms with van der Waals surface area (Å²) in [7, 11) is 1.53. The van der Waals surface area contributed by atoms with Crippen LogP contribution in [0.4, 0.5) is 4.39 Å². The number of carboxylic acid groups (broad SMARTS) is 1. The van der Waals surface area contributed by atoms with Gasteiger partial charge in [0.15, 0.2) is 17.1 Å². The predicted octanol–water partition coefficient (Wildman–Crippen LogP) is -4.42. The van der Waals surface area contributed by atoms with Crippen LogP contribution in [0.1, 0.15) is 32.1 Å². The molecule has 9 nitrogen and oxygen atoms in total. The van der Waals surface area contributed by atoms with Gasteiger partial charge in [-0.3, -0.25) is 9.59 Å². The summed E-state index contributed by atoms with van der Waals surface area (Å²) in [6.07, 6.45) is 0. The predicted molar refractivity (Wildman–Crippen MR) is 121 cm³/mol. The minimum Gasteiger partial charge on any atom is -0.545 e. The van der Waals surface area contributed by atoms with E-state index in [2.05, 4.69) is 15.3 Å². The van der Waals surface area contributed by atoms with Crippen molar-refractivity contribution in [3.63, 3.8) is 0 Å². The molecule has 1 amide bonds. The number of hydrogen-bond acceptors (Lipinski definition) is 7. The molecular formula is C25H18FN3Na2O6. The van der Waals surface area contributed by atoms with E-state index in [0.717, 1.165) is 11.6 Å². The number of fused-ring (bicyclic) bond motifs is 1. The number of methoxy groups -OCH3 is 1. The average molecular weight is 521 g/mol. The summed E-state index contributed by atoms with van der Waals surface area (Å²) in [5, 5.41) is 13.3. The van der Waals surface area contributed by atoms with Crippen LogP contribution in [0, 0.1) is 5.82 Å². The Hall–Kier alpha value is -2.73. The second kappa shape index (κ2) is 13.7. The molecule has 3 aromatic carbocycles. The van der Waals surface area contributed by atoms with Gasteiger partial charge in [-0.15, -0.1) is 0 Å². The van der Waals surface area contributed by atoms with Crippen LogP contribution < -0.4 is 89.6 Å². The minimum absolute atomic E-state index is 0. The number of aromatic nitrogens is 2. The van der Waals surface area contributed by atoms with Gasteiger partial charge >= 0.3 is 59.1 Å². The molecule has 1 N–H and O–H groups in total. The summed E-state index contributed by atoms with van der Waals surface area (Å²) in [5.74, 6) is -2.90. The number of nitrogens with one attached hydrogen (secondary N) is 1. The summed E-state index contributed by atoms with van der Waals surface area (Å²) < 4.78 is 25.2. The van der Waals surface area contributed by atoms with Crippen LogP contribution in [0.2, 0.25) is 0 Å². The zero-order valence-corrected chi connectivity index (χ0v) is 24.4. The Labute approximate surface area is 255 Å². The van der Waals surface area contributed by atoms with Crippen LogP contribution in [0.15, 0.2) is 65.5 Å². The van der Waals surface area contributed by atoms with Crippen molar-refractivity contribution in [1.82, 2.24) is 15.3 Å². The second-order valence-corrected chi connectivity index (χ2v) is 7.43. The number of carbonyl (C=O) groups excluding carboxylic acids is 2. The van der Waals surface area contributed by atoms with E-state index in [1.807, 2.05) is 0 Å². The Kier molecular flexibility index (Phi) is 11.3. The quantitative estimate of drug-likeness (QED) is 0.230. The Balaban J connectivity index is 0.00000241. The third-order valence-corrected chi connectivity index (χ3v) is 5.10. The summed E-state index contributed by atoms with van der Waals surface area (Å²) in [5.41, 5.74) is 0.459. The van der Waals surface area contributed by atoms with Crippen molar-refractivity contribution < 1.29 is 87.7 Å². The van der Waals surface area contributed by atoms with Gasteiger partial charge in [-0.25, -0.2) is 4.39 Å². The number of halogens is 1. The molecule has 178 valence electrons. The van der Waals surface area contributed by atoms with E-state index in [9.17, 15) is 23.9 Å². The number of hydrogen-bond donors (Lipinski definition) is 1. The van der Waals surface area contributed by atoms with Crippen LogP contribution in [0.25, 0.3) is 10.9 Å². The number of carboxylic acids is 1. The maximum Gasteiger partial charge on any atom is 1.00 e. The van der Waals surface area contributed by atoms with Gasteiger partial charge in [-0.05, 0) is 40.4 Å². The van der Waals surface area contributed by atoms with Crippen molar-refractivity contribution in [3.05, 3.63) is 99.3 Å². The summed E-state index contributed by atoms with van der Waals surface area (Å²) in [6, 6.07) is 15.0. The molecule has 4 rings (SSSR count). The van der Waals surface area contributed by atoms with E-state index in [1.54, 1.807) is 24.3 Å². The third-order valence-electron chi connectivity index (χ3n) is 5.10. The number of rotatable bonds is 8. The maximum absolute atomic E-state index is 14.5. The van der Waals surface area contributed by atoms with Crippen LogP contribution >= 0.6 is 0 Å². The zero-order chi connectivity index (χ0) is 24.9. The van der Waals surface area contributed by atoms with E-state index in [-0.39, 0.29) is 100 Å². The summed E-state index contributed by atoms with van der Waals surface area (Å²) in [6.45, 7) is 0.00566. The van der Waals surface area contributed by atoms with Crippen molar-refractivity contribution in [3.8, 4) is 11.5 Å². The number of amides is 1. The van der Waals surface area contributed by atoms with Crippen LogP contribution in [-0.4, -0.2) is 24.0 Å². The zero-order valence-electron chi connectivity index (χ0n) is 20.4. The minimum atomic E-state index is -1.32. The number of aromatic carboxylic acids is 1. The van der Waals surface area contributed by atoms with E-state index in [4.69, 9.17) is 9.47 Å². The van der Waals surface area contributed by atoms with Gasteiger partial charge in [0, 0.05) is 12.4 Å². The van der Waals surface area contributed by atoms with E-state index >= 15 is 0 Å². The van der Waals surface area contributed by atoms with Gasteiger partial charge in [0.1, 0.15) is 12.4 Å². The molecule has 0 aliphatic carbocycles. The largest absolute Gasteiger partial charge is 1.00 e. The molecule has 0 aliphatic rings. The topological polar surface area (TPSA) is 132 Å². The van der Waals surface area contributed by atoms with Gasteiger partial charge in [-0.2, -0.15) is 0 Å². The summed E-state index contributed by atoms with van der Waals surface area (Å²) in [4.78, 5) is 43.9. The van der Waals surface area contributed by atoms with E-state index in [1.165, 1.54) is 37.4 Å². The first-order valence-corrected chi connectivity index (χ1v) is 10.4. The van der Waals surface area contributed by atoms with Crippen molar-refractivity contribution in [2.24, 2.45) is 0 Å². The number of ether oxygens (including phenoxy) is 2. The standard InChI is InChI=1S/C25H20FN3O6.2Na/c1-34-17-4-2-3-15(11-17)12-27-24(31)22-28-19-10-9-18(26)21(20(19)23(30)29-22)35-13-14-5-7-16(8-6-14)25(32)33;;/h2-11H,12-13H2,1H3,(H3,27,28,29,30,31,32,33);;/q;2*+1/p-2. The first-order chi connectivity index (χ1) is 16.9. The van der Waals surface area contributed by atoms with Crippen molar-refractivity contribution in [2.75, 3.05) is 7.11 Å². The molecule has 0 radical (unpaired) electrons. The van der Waals surface area contributed by atoms with Gasteiger partial charge < -0.3 is 34.7 Å². The molecule has 0 spiro atoms. The Morgan fingerprint density at radius 1 is 1.05 bits per heavy atom. The van der Waals surface area contributed by atoms with Gasteiger partial charge in [0.05, 0.1) is 18.5 Å². The number of carbonyl (C=O) groups is 2. The maximum atomic E-state index is 14.5. The molecule has 0 fully saturated rings. The molecule has 12 heteroatoms. The van der Waals surface area contributed by atoms with E-state index < -0.39 is 23.3 Å². The fourth-order valence-electron chi connectivity index (χ4n) is 3.32. The smallest absolute Gasteiger partial charge is 0.545 e. The normalized spacial score (nSPS) is 10.1. The molecule has 0 saturated heterocycles. The molecule has 0 bridgehead atoms. The average Bonchev–Trinajstić information content (AvgIpc) is 2.87. The number of benzene rings is 3. The Bertz CT molecular complexity index is 1480. The van der Waals surface area contributed by atoms with Crippen molar-refractivity contribution >= 4 is 22.8 Å². The summed E-state index contributed by atoms with van der Waals surface area (Å²) >= 11 is 0. The molecule has 0 unspecified atom stereocenters. The SMILES string of the molecule is COc1cccc(CNC(=O)c2nc3ccc(F)c(OCc4ccc(C(=O)[O-])cc4)c3c(=O)[n-]2)c1.[Na+].[Na+]. The molecule has 4 aromatic rings. The van der Waals surface area contributed by atoms with Crippen molar-refractivity contribution in [2.45, 2.75) is 13.2 Å². The molecule has 0 aliphatic heterocycles. The van der Waals surface area contributed by atoms with Crippen LogP contribution in [0.5, 0.6) is 11.5 Å². The molecule has 0 saturated carbocycles. The van der Waals surface area contributed by atoms with Gasteiger partial charge in [0.25, 0.3) is 0 Å². The van der Waals surface area contributed by atoms with Gasteiger partial charge in [-0.1, -0.05) is 42.5 Å². The third kappa shape index (κ3) is 7.41. The Morgan fingerprint density at radius 2 is 1.78 bits per heavy atom. The van der Waals surface area contributed by atoms with Crippen LogP contribution in [0.3, 0.4) is 0 Å². The number of nitrogens with zero attached hydrogens (tertiary/aromatic N) is 2. The first-order valence-electron chi connectivity index (χ1n) is 10.4. The molecule has 0 atom stereocenters. The fourth-order valence-corrected chi connectivity index (χ4v) is 3.32. The monoisotopic (exact) mass is 521 g/mol. The first kappa shape index (κ1) is 30.5. The van der Waals surface area contributed by atoms with Crippen molar-refractivity contribution in [1.29, 1.82) is 0 Å². The Morgan fingerprint density at radius 3 is 2.46 bits per heavy atom. The molecule has 1 heterocycles. The molecular weight excluding hydrogens is 503 g/mol. The fraction of sp³-hybridized carbons (Fsp3) is 0.120. The molecule has 1 aromatic heterocycles.